The van der Waals surface area contributed by atoms with Gasteiger partial charge in [0.1, 0.15) is 12.4 Å². The smallest absolute Gasteiger partial charge is 0.268 e. The number of sulfonamides is 1. The van der Waals surface area contributed by atoms with Crippen molar-refractivity contribution in [1.82, 2.24) is 14.7 Å². The third kappa shape index (κ3) is 7.05. The van der Waals surface area contributed by atoms with Crippen LogP contribution in [-0.4, -0.2) is 37.9 Å². The highest BCUT2D eigenvalue weighted by Crippen LogP contribution is 2.19. The Balaban J connectivity index is 1.57. The standard InChI is InChI=1S/C27H25ClN4O4S/c1-32(17-16-20-8-4-2-5-9-20)27-29-18-24(25(30-27)19-36-22-14-12-21(28)13-15-22)26(33)31-37(34,35)23-10-6-3-7-11-23/h2-15,18H,16-17,19H2,1H3,(H,31,33). The fourth-order valence-electron chi connectivity index (χ4n) is 3.45. The molecular weight excluding hydrogens is 512 g/mol. The third-order valence-corrected chi connectivity index (χ3v) is 7.09. The van der Waals surface area contributed by atoms with E-state index >= 15 is 0 Å². The van der Waals surface area contributed by atoms with Crippen molar-refractivity contribution in [2.45, 2.75) is 17.9 Å². The molecule has 0 spiro atoms. The van der Waals surface area contributed by atoms with Crippen molar-refractivity contribution >= 4 is 33.5 Å². The highest BCUT2D eigenvalue weighted by Gasteiger charge is 2.23. The van der Waals surface area contributed by atoms with Gasteiger partial charge in [0, 0.05) is 24.8 Å². The fraction of sp³-hybridized carbons (Fsp3) is 0.148. The number of nitrogens with zero attached hydrogens (tertiary/aromatic N) is 3. The number of anilines is 1. The van der Waals surface area contributed by atoms with Crippen molar-refractivity contribution in [1.29, 1.82) is 0 Å². The SMILES string of the molecule is CN(CCc1ccccc1)c1ncc(C(=O)NS(=O)(=O)c2ccccc2)c(COc2ccc(Cl)cc2)n1. The Kier molecular flexibility index (Phi) is 8.37. The summed E-state index contributed by atoms with van der Waals surface area (Å²) in [6.45, 7) is 0.549. The average molecular weight is 537 g/mol. The second-order valence-corrected chi connectivity index (χ2v) is 10.3. The number of likely N-dealkylation sites (N-methyl/N-ethyl adjacent to an activating group) is 1. The van der Waals surface area contributed by atoms with E-state index in [0.717, 1.165) is 6.42 Å². The molecule has 0 aliphatic carbocycles. The summed E-state index contributed by atoms with van der Waals surface area (Å²) in [6.07, 6.45) is 2.09. The van der Waals surface area contributed by atoms with Gasteiger partial charge in [-0.15, -0.1) is 0 Å². The topological polar surface area (TPSA) is 101 Å². The number of hydrogen-bond donors (Lipinski definition) is 1. The molecule has 0 fully saturated rings. The van der Waals surface area contributed by atoms with Gasteiger partial charge in [-0.05, 0) is 48.4 Å². The fourth-order valence-corrected chi connectivity index (χ4v) is 4.56. The van der Waals surface area contributed by atoms with Gasteiger partial charge in [-0.2, -0.15) is 0 Å². The van der Waals surface area contributed by atoms with Crippen molar-refractivity contribution < 1.29 is 17.9 Å². The van der Waals surface area contributed by atoms with Gasteiger partial charge < -0.3 is 9.64 Å². The van der Waals surface area contributed by atoms with Gasteiger partial charge in [0.25, 0.3) is 15.9 Å². The molecule has 0 saturated heterocycles. The number of carbonyl (C=O) groups excluding carboxylic acids is 1. The van der Waals surface area contributed by atoms with Crippen LogP contribution in [0.5, 0.6) is 5.75 Å². The van der Waals surface area contributed by atoms with Crippen molar-refractivity contribution in [2.24, 2.45) is 0 Å². The maximum absolute atomic E-state index is 13.0. The van der Waals surface area contributed by atoms with E-state index in [1.807, 2.05) is 42.3 Å². The van der Waals surface area contributed by atoms with Crippen molar-refractivity contribution in [3.05, 3.63) is 113 Å². The Bertz CT molecular complexity index is 1450. The third-order valence-electron chi connectivity index (χ3n) is 5.49. The minimum absolute atomic E-state index is 0.00585. The molecule has 1 N–H and O–H groups in total. The van der Waals surface area contributed by atoms with Crippen molar-refractivity contribution in [3.63, 3.8) is 0 Å². The van der Waals surface area contributed by atoms with Crippen LogP contribution in [0.4, 0.5) is 5.95 Å². The van der Waals surface area contributed by atoms with Crippen molar-refractivity contribution in [3.8, 4) is 5.75 Å². The quantitative estimate of drug-likeness (QED) is 0.318. The van der Waals surface area contributed by atoms with Crippen LogP contribution in [0, 0.1) is 0 Å². The summed E-state index contributed by atoms with van der Waals surface area (Å²) in [6, 6.07) is 24.4. The van der Waals surface area contributed by atoms with E-state index in [9.17, 15) is 13.2 Å². The predicted molar refractivity (Wildman–Crippen MR) is 142 cm³/mol. The highest BCUT2D eigenvalue weighted by atomic mass is 35.5. The van der Waals surface area contributed by atoms with E-state index in [1.54, 1.807) is 42.5 Å². The van der Waals surface area contributed by atoms with Crippen molar-refractivity contribution in [2.75, 3.05) is 18.5 Å². The molecule has 10 heteroatoms. The minimum Gasteiger partial charge on any atom is -0.487 e. The Morgan fingerprint density at radius 1 is 0.973 bits per heavy atom. The number of ether oxygens (including phenoxy) is 1. The average Bonchev–Trinajstić information content (AvgIpc) is 2.92. The first-order valence-corrected chi connectivity index (χ1v) is 13.3. The number of halogens is 1. The molecule has 4 rings (SSSR count). The Hall–Kier alpha value is -3.95. The summed E-state index contributed by atoms with van der Waals surface area (Å²) < 4.78 is 33.3. The number of nitrogens with one attached hydrogen (secondary N) is 1. The van der Waals surface area contributed by atoms with Gasteiger partial charge in [-0.3, -0.25) is 4.79 Å². The van der Waals surface area contributed by atoms with Crippen LogP contribution >= 0.6 is 11.6 Å². The number of hydrogen-bond acceptors (Lipinski definition) is 7. The molecule has 1 aromatic heterocycles. The van der Waals surface area contributed by atoms with Gasteiger partial charge in [0.2, 0.25) is 5.95 Å². The van der Waals surface area contributed by atoms with Crippen LogP contribution in [0.2, 0.25) is 5.02 Å². The molecule has 0 unspecified atom stereocenters. The summed E-state index contributed by atoms with van der Waals surface area (Å²) in [5.74, 6) is 0.0513. The molecule has 0 atom stereocenters. The molecule has 8 nitrogen and oxygen atoms in total. The number of benzene rings is 3. The normalized spacial score (nSPS) is 11.1. The summed E-state index contributed by atoms with van der Waals surface area (Å²) in [5.41, 5.74) is 1.41. The maximum atomic E-state index is 13.0. The Morgan fingerprint density at radius 3 is 2.30 bits per heavy atom. The predicted octanol–water partition coefficient (Wildman–Crippen LogP) is 4.51. The van der Waals surface area contributed by atoms with E-state index in [1.165, 1.54) is 23.9 Å². The molecule has 4 aromatic rings. The summed E-state index contributed by atoms with van der Waals surface area (Å²) in [7, 11) is -2.23. The van der Waals surface area contributed by atoms with Gasteiger partial charge in [0.05, 0.1) is 16.2 Å². The van der Waals surface area contributed by atoms with E-state index < -0.39 is 15.9 Å². The number of carbonyl (C=O) groups is 1. The van der Waals surface area contributed by atoms with Crippen LogP contribution < -0.4 is 14.4 Å². The Morgan fingerprint density at radius 2 is 1.62 bits per heavy atom. The maximum Gasteiger partial charge on any atom is 0.268 e. The molecule has 0 aliphatic rings. The van der Waals surface area contributed by atoms with E-state index in [0.29, 0.717) is 23.3 Å². The van der Waals surface area contributed by atoms with E-state index in [4.69, 9.17) is 16.3 Å². The number of rotatable bonds is 10. The largest absolute Gasteiger partial charge is 0.487 e. The van der Waals surface area contributed by atoms with Crippen LogP contribution in [-0.2, 0) is 23.1 Å². The molecule has 0 aliphatic heterocycles. The highest BCUT2D eigenvalue weighted by molar-refractivity contribution is 7.90. The summed E-state index contributed by atoms with van der Waals surface area (Å²) >= 11 is 5.95. The second-order valence-electron chi connectivity index (χ2n) is 8.18. The summed E-state index contributed by atoms with van der Waals surface area (Å²) in [4.78, 5) is 23.8. The zero-order valence-corrected chi connectivity index (χ0v) is 21.6. The van der Waals surface area contributed by atoms with Crippen LogP contribution in [0.15, 0.2) is 96.0 Å². The zero-order valence-electron chi connectivity index (χ0n) is 20.0. The molecule has 0 saturated carbocycles. The van der Waals surface area contributed by atoms with Gasteiger partial charge >= 0.3 is 0 Å². The molecule has 0 bridgehead atoms. The van der Waals surface area contributed by atoms with Crippen LogP contribution in [0.25, 0.3) is 0 Å². The van der Waals surface area contributed by atoms with Gasteiger partial charge in [0.15, 0.2) is 0 Å². The van der Waals surface area contributed by atoms with Crippen LogP contribution in [0.3, 0.4) is 0 Å². The zero-order chi connectivity index (χ0) is 26.3. The first-order chi connectivity index (χ1) is 17.8. The molecular formula is C27H25ClN4O4S. The molecule has 3 aromatic carbocycles. The molecule has 0 radical (unpaired) electrons. The monoisotopic (exact) mass is 536 g/mol. The van der Waals surface area contributed by atoms with E-state index in [-0.39, 0.29) is 22.8 Å². The minimum atomic E-state index is -4.08. The molecule has 190 valence electrons. The first kappa shape index (κ1) is 26.1. The number of amides is 1. The number of aromatic nitrogens is 2. The van der Waals surface area contributed by atoms with E-state index in [2.05, 4.69) is 14.7 Å². The second kappa shape index (κ2) is 11.9. The van der Waals surface area contributed by atoms with Gasteiger partial charge in [-0.1, -0.05) is 60.1 Å². The molecule has 37 heavy (non-hydrogen) atoms. The summed E-state index contributed by atoms with van der Waals surface area (Å²) in [5, 5.41) is 0.558. The lowest BCUT2D eigenvalue weighted by molar-refractivity contribution is 0.0978. The molecule has 1 heterocycles. The van der Waals surface area contributed by atoms with Crippen LogP contribution in [0.1, 0.15) is 21.6 Å². The lowest BCUT2D eigenvalue weighted by Gasteiger charge is -2.19. The lowest BCUT2D eigenvalue weighted by atomic mass is 10.1. The first-order valence-electron chi connectivity index (χ1n) is 11.4. The van der Waals surface area contributed by atoms with Gasteiger partial charge in [-0.25, -0.2) is 23.1 Å². The molecule has 1 amide bonds. The lowest BCUT2D eigenvalue weighted by Crippen LogP contribution is -2.32. The Labute approximate surface area is 221 Å².